The van der Waals surface area contributed by atoms with E-state index in [1.165, 1.54) is 43.0 Å². The summed E-state index contributed by atoms with van der Waals surface area (Å²) < 4.78 is 0. The van der Waals surface area contributed by atoms with E-state index in [4.69, 9.17) is 22.9 Å². The molecule has 1 fully saturated rings. The molecular weight excluding hydrogens is 819 g/mol. The summed E-state index contributed by atoms with van der Waals surface area (Å²) in [6.45, 7) is 1.77. The molecule has 2 rings (SSSR count). The van der Waals surface area contributed by atoms with Gasteiger partial charge >= 0.3 is 0 Å². The summed E-state index contributed by atoms with van der Waals surface area (Å²) in [7, 11) is 0. The van der Waals surface area contributed by atoms with E-state index in [2.05, 4.69) is 31.9 Å². The van der Waals surface area contributed by atoms with Gasteiger partial charge in [0, 0.05) is 30.7 Å². The normalized spacial score (nSPS) is 18.7. The molecule has 22 nitrogen and oxygen atoms in total. The third-order valence-electron chi connectivity index (χ3n) is 9.64. The average molecular weight is 880 g/mol. The van der Waals surface area contributed by atoms with Crippen LogP contribution in [0.2, 0.25) is 0 Å². The standard InChI is InChI=1S/C38H61N11O11S/c1-22(50)32(48-37(57)29-21-61-18-8-2-3-11-31(52)43-28(20-30(41)51)36(56)47-29)38(58)45-26(10-5-7-17-40)34(54)44-25(9-4-6-16-39)35(55)46-27(33(42)53)19-23-12-14-24(15-13-23)49(59)60/h12-15,22,25-29,32,50H,2-11,16-21,39-40H2,1H3,(H2,41,51)(H2,42,53)(H,43,52)(H,44,54)(H,45,58)(H,46,55)(H,47,56)(H,48,57)/t22-,25+,26+,27+,28?,29?,32+/m1/s1. The number of non-ortho nitro benzene ring substituents is 1. The molecule has 1 saturated heterocycles. The van der Waals surface area contributed by atoms with Crippen LogP contribution in [0.15, 0.2) is 24.3 Å². The zero-order valence-electron chi connectivity index (χ0n) is 34.4. The molecule has 1 heterocycles. The average Bonchev–Trinajstić information content (AvgIpc) is 3.21. The van der Waals surface area contributed by atoms with Crippen molar-refractivity contribution < 1.29 is 48.4 Å². The Kier molecular flexibility index (Phi) is 23.3. The molecule has 340 valence electrons. The number of rotatable bonds is 23. The molecular formula is C38H61N11O11S. The highest BCUT2D eigenvalue weighted by Gasteiger charge is 2.35. The minimum absolute atomic E-state index is 0.0265. The van der Waals surface area contributed by atoms with Gasteiger partial charge in [0.05, 0.1) is 17.4 Å². The van der Waals surface area contributed by atoms with Gasteiger partial charge in [-0.3, -0.25) is 48.5 Å². The molecule has 0 aromatic heterocycles. The summed E-state index contributed by atoms with van der Waals surface area (Å²) in [5.74, 6) is -5.91. The van der Waals surface area contributed by atoms with Crippen LogP contribution in [0.25, 0.3) is 0 Å². The third kappa shape index (κ3) is 19.3. The Balaban J connectivity index is 2.30. The summed E-state index contributed by atoms with van der Waals surface area (Å²) >= 11 is 1.33. The molecule has 15 N–H and O–H groups in total. The monoisotopic (exact) mass is 879 g/mol. The predicted molar refractivity (Wildman–Crippen MR) is 225 cm³/mol. The second-order valence-corrected chi connectivity index (χ2v) is 15.9. The van der Waals surface area contributed by atoms with Gasteiger partial charge in [-0.15, -0.1) is 0 Å². The lowest BCUT2D eigenvalue weighted by Gasteiger charge is -2.28. The van der Waals surface area contributed by atoms with Gasteiger partial charge in [0.1, 0.15) is 36.3 Å². The lowest BCUT2D eigenvalue weighted by molar-refractivity contribution is -0.384. The Hall–Kier alpha value is -5.39. The third-order valence-corrected chi connectivity index (χ3v) is 10.8. The van der Waals surface area contributed by atoms with Crippen LogP contribution in [0.1, 0.15) is 83.1 Å². The van der Waals surface area contributed by atoms with Crippen LogP contribution in [0.3, 0.4) is 0 Å². The van der Waals surface area contributed by atoms with Crippen LogP contribution in [0.5, 0.6) is 0 Å². The highest BCUT2D eigenvalue weighted by Crippen LogP contribution is 2.15. The van der Waals surface area contributed by atoms with Crippen LogP contribution in [0, 0.1) is 10.1 Å². The van der Waals surface area contributed by atoms with E-state index in [1.54, 1.807) is 0 Å². The van der Waals surface area contributed by atoms with Crippen LogP contribution in [-0.2, 0) is 44.8 Å². The number of thioether (sulfide) groups is 1. The number of primary amides is 2. The number of hydrogen-bond donors (Lipinski definition) is 11. The van der Waals surface area contributed by atoms with Crippen molar-refractivity contribution in [3.05, 3.63) is 39.9 Å². The van der Waals surface area contributed by atoms with Crippen molar-refractivity contribution >= 4 is 64.7 Å². The number of unbranched alkanes of at least 4 members (excludes halogenated alkanes) is 2. The summed E-state index contributed by atoms with van der Waals surface area (Å²) in [5, 5.41) is 36.9. The van der Waals surface area contributed by atoms with Crippen molar-refractivity contribution in [2.24, 2.45) is 22.9 Å². The van der Waals surface area contributed by atoms with Crippen LogP contribution < -0.4 is 54.8 Å². The molecule has 1 aromatic carbocycles. The minimum Gasteiger partial charge on any atom is -0.391 e. The zero-order chi connectivity index (χ0) is 45.5. The molecule has 0 spiro atoms. The number of benzene rings is 1. The van der Waals surface area contributed by atoms with Crippen molar-refractivity contribution in [1.29, 1.82) is 0 Å². The number of carbonyl (C=O) groups is 8. The zero-order valence-corrected chi connectivity index (χ0v) is 35.2. The first-order valence-corrected chi connectivity index (χ1v) is 21.4. The number of nitro groups is 1. The van der Waals surface area contributed by atoms with Gasteiger partial charge in [0.15, 0.2) is 0 Å². The van der Waals surface area contributed by atoms with Gasteiger partial charge in [0.25, 0.3) is 5.69 Å². The van der Waals surface area contributed by atoms with E-state index in [1.807, 2.05) is 0 Å². The number of hydrogen-bond acceptors (Lipinski definition) is 14. The highest BCUT2D eigenvalue weighted by molar-refractivity contribution is 7.99. The first-order valence-electron chi connectivity index (χ1n) is 20.2. The van der Waals surface area contributed by atoms with E-state index in [0.717, 1.165) is 0 Å². The molecule has 8 amide bonds. The fourth-order valence-electron chi connectivity index (χ4n) is 6.20. The lowest BCUT2D eigenvalue weighted by atomic mass is 10.0. The summed E-state index contributed by atoms with van der Waals surface area (Å²) in [6.07, 6.45) is 1.66. The quantitative estimate of drug-likeness (QED) is 0.0304. The van der Waals surface area contributed by atoms with Gasteiger partial charge in [-0.05, 0) is 82.7 Å². The van der Waals surface area contributed by atoms with Crippen molar-refractivity contribution in [1.82, 2.24) is 31.9 Å². The number of nitrogens with zero attached hydrogens (tertiary/aromatic N) is 1. The van der Waals surface area contributed by atoms with Crippen molar-refractivity contribution in [3.63, 3.8) is 0 Å². The summed E-state index contributed by atoms with van der Waals surface area (Å²) in [5.41, 5.74) is 22.5. The second-order valence-electron chi connectivity index (χ2n) is 14.7. The molecule has 1 aliphatic heterocycles. The predicted octanol–water partition coefficient (Wildman–Crippen LogP) is -2.65. The maximum absolute atomic E-state index is 13.9. The molecule has 23 heteroatoms. The van der Waals surface area contributed by atoms with E-state index >= 15 is 0 Å². The molecule has 0 saturated carbocycles. The Labute approximate surface area is 358 Å². The van der Waals surface area contributed by atoms with E-state index in [0.29, 0.717) is 56.3 Å². The van der Waals surface area contributed by atoms with Crippen LogP contribution in [0.4, 0.5) is 5.69 Å². The van der Waals surface area contributed by atoms with Crippen molar-refractivity contribution in [2.75, 3.05) is 24.6 Å². The second kappa shape index (κ2) is 27.5. The number of carbonyl (C=O) groups excluding carboxylic acids is 8. The Morgan fingerprint density at radius 1 is 0.836 bits per heavy atom. The number of nitrogens with one attached hydrogen (secondary N) is 6. The number of amides is 8. The Bertz CT molecular complexity index is 1670. The van der Waals surface area contributed by atoms with Crippen molar-refractivity contribution in [2.45, 2.75) is 126 Å². The maximum Gasteiger partial charge on any atom is 0.269 e. The first-order chi connectivity index (χ1) is 29.0. The van der Waals surface area contributed by atoms with E-state index in [9.17, 15) is 53.6 Å². The summed E-state index contributed by atoms with van der Waals surface area (Å²) in [4.78, 5) is 115. The molecule has 1 aliphatic rings. The van der Waals surface area contributed by atoms with Gasteiger partial charge in [0.2, 0.25) is 47.3 Å². The highest BCUT2D eigenvalue weighted by atomic mass is 32.2. The molecule has 7 atom stereocenters. The fraction of sp³-hybridized carbons (Fsp3) is 0.632. The largest absolute Gasteiger partial charge is 0.391 e. The molecule has 2 unspecified atom stereocenters. The van der Waals surface area contributed by atoms with Crippen LogP contribution >= 0.6 is 11.8 Å². The first kappa shape index (κ1) is 51.8. The molecule has 61 heavy (non-hydrogen) atoms. The van der Waals surface area contributed by atoms with Crippen LogP contribution in [-0.4, -0.2) is 124 Å². The Morgan fingerprint density at radius 2 is 1.41 bits per heavy atom. The molecule has 1 aromatic rings. The van der Waals surface area contributed by atoms with Gasteiger partial charge in [-0.1, -0.05) is 18.6 Å². The SMILES string of the molecule is C[C@@H](O)[C@H](NC(=O)C1CSCCCCCC(=O)NC(CC(N)=O)C(=O)N1)C(=O)N[C@@H](CCCCN)C(=O)N[C@@H](CCCCN)C(=O)N[C@@H](Cc1ccc([N+](=O)[O-])cc1)C(N)=O. The lowest BCUT2D eigenvalue weighted by Crippen LogP contribution is -2.62. The van der Waals surface area contributed by atoms with Gasteiger partial charge < -0.3 is 59.9 Å². The molecule has 0 radical (unpaired) electrons. The summed E-state index contributed by atoms with van der Waals surface area (Å²) in [6, 6.07) is -2.82. The molecule has 0 aliphatic carbocycles. The number of aliphatic hydroxyl groups is 1. The van der Waals surface area contributed by atoms with Gasteiger partial charge in [-0.2, -0.15) is 11.8 Å². The van der Waals surface area contributed by atoms with E-state index < -0.39 is 101 Å². The molecule has 0 bridgehead atoms. The maximum atomic E-state index is 13.9. The van der Waals surface area contributed by atoms with Crippen molar-refractivity contribution in [3.8, 4) is 0 Å². The Morgan fingerprint density at radius 3 is 1.93 bits per heavy atom. The topological polar surface area (TPSA) is 376 Å². The number of nitrogens with two attached hydrogens (primary N) is 4. The fourth-order valence-corrected chi connectivity index (χ4v) is 7.25. The number of nitro benzene ring substituents is 1. The van der Waals surface area contributed by atoms with E-state index in [-0.39, 0.29) is 50.2 Å². The smallest absolute Gasteiger partial charge is 0.269 e. The minimum atomic E-state index is -1.65. The number of aliphatic hydroxyl groups excluding tert-OH is 1. The van der Waals surface area contributed by atoms with Gasteiger partial charge in [-0.25, -0.2) is 0 Å².